The molecular formula is C12H10Br2ClNO2S2. The zero-order valence-electron chi connectivity index (χ0n) is 10.1. The highest BCUT2D eigenvalue weighted by atomic mass is 79.9. The van der Waals surface area contributed by atoms with Gasteiger partial charge in [-0.1, -0.05) is 51.8 Å². The largest absolute Gasteiger partial charge is 0.250 e. The van der Waals surface area contributed by atoms with Gasteiger partial charge in [-0.05, 0) is 33.1 Å². The van der Waals surface area contributed by atoms with E-state index in [-0.39, 0.29) is 10.8 Å². The lowest BCUT2D eigenvalue weighted by atomic mass is 10.2. The summed E-state index contributed by atoms with van der Waals surface area (Å²) in [5.74, 6) is 0. The maximum absolute atomic E-state index is 12.1. The van der Waals surface area contributed by atoms with E-state index >= 15 is 0 Å². The fourth-order valence-corrected chi connectivity index (χ4v) is 5.29. The molecule has 0 spiro atoms. The van der Waals surface area contributed by atoms with Gasteiger partial charge < -0.3 is 0 Å². The molecule has 0 atom stereocenters. The monoisotopic (exact) mass is 457 g/mol. The van der Waals surface area contributed by atoms with Crippen molar-refractivity contribution in [2.45, 2.75) is 16.1 Å². The molecule has 2 aromatic rings. The first kappa shape index (κ1) is 16.5. The molecule has 0 saturated heterocycles. The number of benzene rings is 1. The molecule has 0 unspecified atom stereocenters. The van der Waals surface area contributed by atoms with E-state index in [0.717, 1.165) is 27.8 Å². The van der Waals surface area contributed by atoms with Crippen molar-refractivity contribution in [1.29, 1.82) is 0 Å². The first-order valence-electron chi connectivity index (χ1n) is 5.50. The summed E-state index contributed by atoms with van der Waals surface area (Å²) in [6, 6.07) is 9.15. The maximum atomic E-state index is 12.1. The summed E-state index contributed by atoms with van der Waals surface area (Å²) in [6.45, 7) is 0.248. The summed E-state index contributed by atoms with van der Waals surface area (Å²) < 4.78 is 27.6. The minimum Gasteiger partial charge on any atom is -0.206 e. The van der Waals surface area contributed by atoms with Crippen LogP contribution in [0, 0.1) is 0 Å². The van der Waals surface area contributed by atoms with Crippen molar-refractivity contribution >= 4 is 64.8 Å². The number of hydrogen-bond acceptors (Lipinski definition) is 3. The van der Waals surface area contributed by atoms with Crippen LogP contribution in [-0.2, 0) is 21.9 Å². The van der Waals surface area contributed by atoms with Crippen LogP contribution in [0.25, 0.3) is 0 Å². The number of thiophene rings is 1. The van der Waals surface area contributed by atoms with E-state index in [1.54, 1.807) is 0 Å². The molecule has 1 heterocycles. The molecule has 2 rings (SSSR count). The Kier molecular flexibility index (Phi) is 5.67. The molecule has 20 heavy (non-hydrogen) atoms. The van der Waals surface area contributed by atoms with E-state index in [4.69, 9.17) is 11.6 Å². The van der Waals surface area contributed by atoms with E-state index in [0.29, 0.717) is 8.81 Å². The van der Waals surface area contributed by atoms with Crippen LogP contribution in [0.2, 0.25) is 5.02 Å². The topological polar surface area (TPSA) is 46.2 Å². The van der Waals surface area contributed by atoms with Gasteiger partial charge in [-0.25, -0.2) is 13.1 Å². The number of nitrogens with one attached hydrogen (secondary N) is 1. The molecule has 0 aliphatic heterocycles. The smallest absolute Gasteiger partial charge is 0.206 e. The Morgan fingerprint density at radius 2 is 1.80 bits per heavy atom. The van der Waals surface area contributed by atoms with Crippen LogP contribution in [0.1, 0.15) is 11.1 Å². The molecule has 1 aromatic heterocycles. The van der Waals surface area contributed by atoms with Gasteiger partial charge >= 0.3 is 0 Å². The molecule has 0 fully saturated rings. The molecule has 1 N–H and O–H groups in total. The summed E-state index contributed by atoms with van der Waals surface area (Å²) >= 11 is 13.5. The second-order valence-corrected chi connectivity index (χ2v) is 9.29. The van der Waals surface area contributed by atoms with Crippen molar-refractivity contribution in [3.05, 3.63) is 50.3 Å². The summed E-state index contributed by atoms with van der Waals surface area (Å²) in [6.07, 6.45) is 0. The predicted octanol–water partition coefficient (Wildman–Crippen LogP) is 4.54. The summed E-state index contributed by atoms with van der Waals surface area (Å²) in [4.78, 5) is 0. The quantitative estimate of drug-likeness (QED) is 0.668. The fourth-order valence-electron chi connectivity index (χ4n) is 1.45. The van der Waals surface area contributed by atoms with Gasteiger partial charge in [-0.2, -0.15) is 0 Å². The van der Waals surface area contributed by atoms with Crippen LogP contribution in [0.15, 0.2) is 38.3 Å². The van der Waals surface area contributed by atoms with Gasteiger partial charge in [0.15, 0.2) is 0 Å². The molecule has 1 aromatic carbocycles. The molecule has 0 aliphatic carbocycles. The van der Waals surface area contributed by atoms with Gasteiger partial charge in [0, 0.05) is 11.9 Å². The lowest BCUT2D eigenvalue weighted by molar-refractivity contribution is 0.583. The zero-order valence-corrected chi connectivity index (χ0v) is 15.6. The predicted molar refractivity (Wildman–Crippen MR) is 90.1 cm³/mol. The molecule has 0 amide bonds. The van der Waals surface area contributed by atoms with Crippen molar-refractivity contribution in [1.82, 2.24) is 4.72 Å². The Hall–Kier alpha value is 0.0800. The standard InChI is InChI=1S/C12H10Br2ClNO2S2/c13-6-8-1-3-9(4-2-8)7-16-20(17,18)11-5-10(15)12(14)19-11/h1-5,16H,6-7H2. The van der Waals surface area contributed by atoms with Crippen molar-refractivity contribution in [2.24, 2.45) is 0 Å². The van der Waals surface area contributed by atoms with Gasteiger partial charge in [0.05, 0.1) is 8.81 Å². The average Bonchev–Trinajstić information content (AvgIpc) is 2.78. The molecule has 0 radical (unpaired) electrons. The SMILES string of the molecule is O=S(=O)(NCc1ccc(CBr)cc1)c1cc(Cl)c(Br)s1. The van der Waals surface area contributed by atoms with Gasteiger partial charge in [-0.3, -0.25) is 0 Å². The Morgan fingerprint density at radius 1 is 1.20 bits per heavy atom. The molecule has 0 saturated carbocycles. The molecule has 3 nitrogen and oxygen atoms in total. The molecule has 8 heteroatoms. The third-order valence-corrected chi connectivity index (χ3v) is 7.53. The molecular weight excluding hydrogens is 450 g/mol. The highest BCUT2D eigenvalue weighted by Gasteiger charge is 2.18. The summed E-state index contributed by atoms with van der Waals surface area (Å²) in [7, 11) is -3.53. The normalized spacial score (nSPS) is 11.8. The second-order valence-electron chi connectivity index (χ2n) is 3.96. The van der Waals surface area contributed by atoms with Gasteiger partial charge in [0.1, 0.15) is 4.21 Å². The Bertz CT molecular complexity index is 679. The van der Waals surface area contributed by atoms with E-state index in [1.165, 1.54) is 6.07 Å². The summed E-state index contributed by atoms with van der Waals surface area (Å²) in [5, 5.41) is 1.18. The van der Waals surface area contributed by atoms with Crippen LogP contribution in [0.4, 0.5) is 0 Å². The Balaban J connectivity index is 2.08. The average molecular weight is 460 g/mol. The fraction of sp³-hybridized carbons (Fsp3) is 0.167. The lowest BCUT2D eigenvalue weighted by Crippen LogP contribution is -2.22. The third kappa shape index (κ3) is 4.05. The minimum absolute atomic E-state index is 0.200. The van der Waals surface area contributed by atoms with Gasteiger partial charge in [-0.15, -0.1) is 11.3 Å². The van der Waals surface area contributed by atoms with Crippen molar-refractivity contribution < 1.29 is 8.42 Å². The van der Waals surface area contributed by atoms with Gasteiger partial charge in [0.25, 0.3) is 0 Å². The van der Waals surface area contributed by atoms with E-state index in [1.807, 2.05) is 24.3 Å². The first-order chi connectivity index (χ1) is 9.42. The molecule has 0 bridgehead atoms. The van der Waals surface area contributed by atoms with Crippen LogP contribution in [-0.4, -0.2) is 8.42 Å². The molecule has 108 valence electrons. The second kappa shape index (κ2) is 6.89. The van der Waals surface area contributed by atoms with Crippen LogP contribution < -0.4 is 4.72 Å². The number of hydrogen-bond donors (Lipinski definition) is 1. The van der Waals surface area contributed by atoms with Crippen molar-refractivity contribution in [2.75, 3.05) is 0 Å². The first-order valence-corrected chi connectivity index (χ1v) is 10.1. The van der Waals surface area contributed by atoms with Crippen molar-refractivity contribution in [3.8, 4) is 0 Å². The number of rotatable bonds is 5. The zero-order chi connectivity index (χ0) is 14.8. The van der Waals surface area contributed by atoms with Crippen LogP contribution in [0.5, 0.6) is 0 Å². The highest BCUT2D eigenvalue weighted by Crippen LogP contribution is 2.34. The summed E-state index contributed by atoms with van der Waals surface area (Å²) in [5.41, 5.74) is 2.05. The van der Waals surface area contributed by atoms with Crippen LogP contribution in [0.3, 0.4) is 0 Å². The number of sulfonamides is 1. The lowest BCUT2D eigenvalue weighted by Gasteiger charge is -2.05. The third-order valence-electron chi connectivity index (χ3n) is 2.53. The highest BCUT2D eigenvalue weighted by molar-refractivity contribution is 9.11. The maximum Gasteiger partial charge on any atom is 0.250 e. The Morgan fingerprint density at radius 3 is 2.30 bits per heavy atom. The van der Waals surface area contributed by atoms with E-state index < -0.39 is 10.0 Å². The minimum atomic E-state index is -3.53. The number of halogens is 3. The Labute approximate surface area is 143 Å². The van der Waals surface area contributed by atoms with Crippen LogP contribution >= 0.6 is 54.8 Å². The van der Waals surface area contributed by atoms with Crippen molar-refractivity contribution in [3.63, 3.8) is 0 Å². The van der Waals surface area contributed by atoms with Gasteiger partial charge in [0.2, 0.25) is 10.0 Å². The van der Waals surface area contributed by atoms with E-state index in [2.05, 4.69) is 36.6 Å². The molecule has 0 aliphatic rings. The van der Waals surface area contributed by atoms with E-state index in [9.17, 15) is 8.42 Å². The number of alkyl halides is 1.